The topological polar surface area (TPSA) is 46.2 Å². The van der Waals surface area contributed by atoms with Crippen LogP contribution in [0.3, 0.4) is 0 Å². The van der Waals surface area contributed by atoms with Crippen molar-refractivity contribution < 1.29 is 8.42 Å². The number of sulfone groups is 1. The van der Waals surface area contributed by atoms with E-state index in [1.807, 2.05) is 0 Å². The van der Waals surface area contributed by atoms with Crippen LogP contribution >= 0.6 is 11.6 Å². The second-order valence-corrected chi connectivity index (χ2v) is 6.82. The van der Waals surface area contributed by atoms with E-state index in [1.54, 1.807) is 24.3 Å². The van der Waals surface area contributed by atoms with E-state index in [-0.39, 0.29) is 0 Å². The Hall–Kier alpha value is -0.740. The van der Waals surface area contributed by atoms with Crippen LogP contribution in [0.2, 0.25) is 0 Å². The lowest BCUT2D eigenvalue weighted by atomic mass is 10.0. The number of benzene rings is 1. The molecule has 18 heavy (non-hydrogen) atoms. The summed E-state index contributed by atoms with van der Waals surface area (Å²) >= 11 is 5.73. The number of halogens is 1. The summed E-state index contributed by atoms with van der Waals surface area (Å²) in [7, 11) is -3.11. The molecule has 5 heteroatoms. The highest BCUT2D eigenvalue weighted by Gasteiger charge is 2.07. The molecule has 1 aromatic carbocycles. The standard InChI is InChI=1S/C13H20ClNO2S/c1-3-11(8-9-14)10-15-12-4-6-13(7-5-12)18(2,16)17/h4-7,11,15H,3,8-10H2,1-2H3. The maximum Gasteiger partial charge on any atom is 0.175 e. The molecule has 0 spiro atoms. The molecule has 0 aliphatic rings. The maximum atomic E-state index is 11.3. The van der Waals surface area contributed by atoms with E-state index < -0.39 is 9.84 Å². The first kappa shape index (κ1) is 15.3. The smallest absolute Gasteiger partial charge is 0.175 e. The van der Waals surface area contributed by atoms with Gasteiger partial charge in [0.1, 0.15) is 0 Å². The SMILES string of the molecule is CCC(CCCl)CNc1ccc(S(C)(=O)=O)cc1. The Morgan fingerprint density at radius 1 is 1.28 bits per heavy atom. The Morgan fingerprint density at radius 3 is 2.33 bits per heavy atom. The Kier molecular flexibility index (Phi) is 5.96. The lowest BCUT2D eigenvalue weighted by Crippen LogP contribution is -2.14. The lowest BCUT2D eigenvalue weighted by Gasteiger charge is -2.15. The van der Waals surface area contributed by atoms with Crippen LogP contribution in [0.15, 0.2) is 29.2 Å². The van der Waals surface area contributed by atoms with E-state index in [4.69, 9.17) is 11.6 Å². The van der Waals surface area contributed by atoms with Crippen molar-refractivity contribution in [3.8, 4) is 0 Å². The van der Waals surface area contributed by atoms with E-state index in [9.17, 15) is 8.42 Å². The summed E-state index contributed by atoms with van der Waals surface area (Å²) in [6, 6.07) is 6.84. The fourth-order valence-electron chi connectivity index (χ4n) is 1.69. The Labute approximate surface area is 114 Å². The van der Waals surface area contributed by atoms with Crippen molar-refractivity contribution in [3.63, 3.8) is 0 Å². The first-order chi connectivity index (χ1) is 8.47. The number of hydrogen-bond acceptors (Lipinski definition) is 3. The van der Waals surface area contributed by atoms with Gasteiger partial charge in [-0.1, -0.05) is 13.3 Å². The van der Waals surface area contributed by atoms with Gasteiger partial charge in [-0.25, -0.2) is 8.42 Å². The molecule has 1 atom stereocenters. The van der Waals surface area contributed by atoms with Crippen molar-refractivity contribution in [3.05, 3.63) is 24.3 Å². The average molecular weight is 290 g/mol. The Morgan fingerprint density at radius 2 is 1.89 bits per heavy atom. The molecule has 0 radical (unpaired) electrons. The average Bonchev–Trinajstić information content (AvgIpc) is 2.34. The van der Waals surface area contributed by atoms with Crippen LogP contribution in [0.25, 0.3) is 0 Å². The van der Waals surface area contributed by atoms with E-state index in [2.05, 4.69) is 12.2 Å². The minimum atomic E-state index is -3.11. The summed E-state index contributed by atoms with van der Waals surface area (Å²) in [4.78, 5) is 0.348. The van der Waals surface area contributed by atoms with Crippen LogP contribution in [0.5, 0.6) is 0 Å². The monoisotopic (exact) mass is 289 g/mol. The second kappa shape index (κ2) is 7.00. The zero-order chi connectivity index (χ0) is 13.6. The van der Waals surface area contributed by atoms with Gasteiger partial charge in [0.05, 0.1) is 4.90 Å². The van der Waals surface area contributed by atoms with Gasteiger partial charge in [-0.15, -0.1) is 11.6 Å². The molecule has 1 N–H and O–H groups in total. The predicted octanol–water partition coefficient (Wildman–Crippen LogP) is 3.16. The highest BCUT2D eigenvalue weighted by Crippen LogP contribution is 2.16. The minimum Gasteiger partial charge on any atom is -0.385 e. The van der Waals surface area contributed by atoms with Crippen LogP contribution < -0.4 is 5.32 Å². The summed E-state index contributed by atoms with van der Waals surface area (Å²) in [6.07, 6.45) is 3.29. The summed E-state index contributed by atoms with van der Waals surface area (Å²) < 4.78 is 22.6. The molecule has 0 saturated heterocycles. The van der Waals surface area contributed by atoms with Crippen LogP contribution in [0.1, 0.15) is 19.8 Å². The molecule has 0 aliphatic carbocycles. The third-order valence-electron chi connectivity index (χ3n) is 2.97. The van der Waals surface area contributed by atoms with Crippen LogP contribution in [0.4, 0.5) is 5.69 Å². The quantitative estimate of drug-likeness (QED) is 0.784. The van der Waals surface area contributed by atoms with Crippen molar-refractivity contribution in [2.24, 2.45) is 5.92 Å². The fraction of sp³-hybridized carbons (Fsp3) is 0.538. The molecular formula is C13H20ClNO2S. The maximum absolute atomic E-state index is 11.3. The van der Waals surface area contributed by atoms with Gasteiger partial charge in [0, 0.05) is 24.4 Å². The summed E-state index contributed by atoms with van der Waals surface area (Å²) in [6.45, 7) is 3.01. The molecule has 0 amide bonds. The zero-order valence-corrected chi connectivity index (χ0v) is 12.4. The van der Waals surface area contributed by atoms with Gasteiger partial charge in [0.15, 0.2) is 9.84 Å². The first-order valence-electron chi connectivity index (χ1n) is 6.07. The normalized spacial score (nSPS) is 13.3. The van der Waals surface area contributed by atoms with Crippen molar-refractivity contribution in [1.29, 1.82) is 0 Å². The van der Waals surface area contributed by atoms with Crippen molar-refractivity contribution in [2.45, 2.75) is 24.7 Å². The van der Waals surface area contributed by atoms with E-state index in [0.717, 1.165) is 25.1 Å². The lowest BCUT2D eigenvalue weighted by molar-refractivity contribution is 0.522. The van der Waals surface area contributed by atoms with Crippen molar-refractivity contribution in [1.82, 2.24) is 0 Å². The zero-order valence-electron chi connectivity index (χ0n) is 10.8. The number of hydrogen-bond donors (Lipinski definition) is 1. The number of anilines is 1. The second-order valence-electron chi connectivity index (χ2n) is 4.43. The van der Waals surface area contributed by atoms with Crippen LogP contribution in [0, 0.1) is 5.92 Å². The molecule has 3 nitrogen and oxygen atoms in total. The molecule has 102 valence electrons. The Balaban J connectivity index is 2.59. The van der Waals surface area contributed by atoms with Gasteiger partial charge in [0.2, 0.25) is 0 Å². The van der Waals surface area contributed by atoms with Crippen LogP contribution in [-0.4, -0.2) is 27.1 Å². The molecule has 0 bridgehead atoms. The summed E-state index contributed by atoms with van der Waals surface area (Å²) in [5, 5.41) is 3.31. The summed E-state index contributed by atoms with van der Waals surface area (Å²) in [5.74, 6) is 1.23. The molecule has 0 aliphatic heterocycles. The molecule has 1 unspecified atom stereocenters. The highest BCUT2D eigenvalue weighted by molar-refractivity contribution is 7.90. The van der Waals surface area contributed by atoms with Gasteiger partial charge < -0.3 is 5.32 Å². The molecule has 0 fully saturated rings. The fourth-order valence-corrected chi connectivity index (χ4v) is 2.63. The third-order valence-corrected chi connectivity index (χ3v) is 4.32. The predicted molar refractivity (Wildman–Crippen MR) is 77.2 cm³/mol. The molecule has 1 aromatic rings. The largest absolute Gasteiger partial charge is 0.385 e. The van der Waals surface area contributed by atoms with Gasteiger partial charge in [-0.2, -0.15) is 0 Å². The number of alkyl halides is 1. The number of nitrogens with one attached hydrogen (secondary N) is 1. The van der Waals surface area contributed by atoms with Crippen LogP contribution in [-0.2, 0) is 9.84 Å². The first-order valence-corrected chi connectivity index (χ1v) is 8.50. The van der Waals surface area contributed by atoms with Crippen molar-refractivity contribution in [2.75, 3.05) is 24.0 Å². The van der Waals surface area contributed by atoms with Gasteiger partial charge in [-0.05, 0) is 36.6 Å². The van der Waals surface area contributed by atoms with Gasteiger partial charge in [-0.3, -0.25) is 0 Å². The Bertz CT molecular complexity index is 456. The van der Waals surface area contributed by atoms with Crippen molar-refractivity contribution >= 4 is 27.1 Å². The highest BCUT2D eigenvalue weighted by atomic mass is 35.5. The molecule has 0 saturated carbocycles. The van der Waals surface area contributed by atoms with Gasteiger partial charge in [0.25, 0.3) is 0 Å². The minimum absolute atomic E-state index is 0.348. The molecule has 0 aromatic heterocycles. The summed E-state index contributed by atoms with van der Waals surface area (Å²) in [5.41, 5.74) is 0.940. The third kappa shape index (κ3) is 4.86. The molecule has 0 heterocycles. The molecular weight excluding hydrogens is 270 g/mol. The van der Waals surface area contributed by atoms with E-state index >= 15 is 0 Å². The van der Waals surface area contributed by atoms with E-state index in [0.29, 0.717) is 16.7 Å². The van der Waals surface area contributed by atoms with E-state index in [1.165, 1.54) is 6.26 Å². The van der Waals surface area contributed by atoms with Gasteiger partial charge >= 0.3 is 0 Å². The number of rotatable bonds is 7. The molecule has 1 rings (SSSR count).